The Labute approximate surface area is 95.2 Å². The van der Waals surface area contributed by atoms with Crippen LogP contribution in [0, 0.1) is 18.8 Å². The number of carbonyl (C=O) groups is 1. The van der Waals surface area contributed by atoms with E-state index in [-0.39, 0.29) is 11.8 Å². The second kappa shape index (κ2) is 4.23. The quantitative estimate of drug-likeness (QED) is 0.830. The first-order valence-corrected chi connectivity index (χ1v) is 5.71. The van der Waals surface area contributed by atoms with Crippen molar-refractivity contribution in [3.63, 3.8) is 0 Å². The lowest BCUT2D eigenvalue weighted by molar-refractivity contribution is -0.134. The Bertz CT molecular complexity index is 383. The lowest BCUT2D eigenvalue weighted by atomic mass is 10.1. The maximum absolute atomic E-state index is 12.0. The van der Waals surface area contributed by atoms with Gasteiger partial charge in [0, 0.05) is 13.0 Å². The van der Waals surface area contributed by atoms with Crippen molar-refractivity contribution in [3.8, 4) is 0 Å². The lowest BCUT2D eigenvalue weighted by Crippen LogP contribution is -2.32. The molecule has 2 rings (SSSR count). The minimum atomic E-state index is 0.144. The predicted molar refractivity (Wildman–Crippen MR) is 59.5 cm³/mol. The van der Waals surface area contributed by atoms with Gasteiger partial charge in [-0.1, -0.05) is 6.92 Å². The van der Waals surface area contributed by atoms with Gasteiger partial charge in [0.25, 0.3) is 0 Å². The number of aromatic amines is 1. The molecule has 88 valence electrons. The van der Waals surface area contributed by atoms with E-state index in [0.717, 1.165) is 5.82 Å². The van der Waals surface area contributed by atoms with Crippen LogP contribution in [0.2, 0.25) is 0 Å². The molecule has 0 saturated heterocycles. The molecule has 1 N–H and O–H groups in total. The summed E-state index contributed by atoms with van der Waals surface area (Å²) in [5.41, 5.74) is 0. The molecule has 0 aromatic carbocycles. The minimum Gasteiger partial charge on any atom is -0.338 e. The number of hydrogen-bond acceptors (Lipinski definition) is 3. The topological polar surface area (TPSA) is 61.9 Å². The predicted octanol–water partition coefficient (Wildman–Crippen LogP) is 1.12. The smallest absolute Gasteiger partial charge is 0.225 e. The van der Waals surface area contributed by atoms with E-state index in [2.05, 4.69) is 15.2 Å². The average Bonchev–Trinajstić information content (AvgIpc) is 3.02. The standard InChI is InChI=1S/C11H18N4O/c1-7(9-4-5-9)11(16)15(3)6-10-12-8(2)13-14-10/h7,9H,4-6H2,1-3H3,(H,12,13,14). The van der Waals surface area contributed by atoms with Crippen LogP contribution in [-0.4, -0.2) is 33.0 Å². The van der Waals surface area contributed by atoms with Gasteiger partial charge in [0.15, 0.2) is 5.82 Å². The van der Waals surface area contributed by atoms with Gasteiger partial charge in [-0.3, -0.25) is 9.89 Å². The van der Waals surface area contributed by atoms with E-state index < -0.39 is 0 Å². The Morgan fingerprint density at radius 1 is 1.62 bits per heavy atom. The molecular weight excluding hydrogens is 204 g/mol. The van der Waals surface area contributed by atoms with Crippen molar-refractivity contribution < 1.29 is 4.79 Å². The summed E-state index contributed by atoms with van der Waals surface area (Å²) in [4.78, 5) is 17.9. The second-order valence-electron chi connectivity index (χ2n) is 4.66. The molecule has 1 aromatic heterocycles. The highest BCUT2D eigenvalue weighted by molar-refractivity contribution is 5.78. The normalized spacial score (nSPS) is 17.2. The van der Waals surface area contributed by atoms with Gasteiger partial charge in [-0.25, -0.2) is 4.98 Å². The largest absolute Gasteiger partial charge is 0.338 e. The van der Waals surface area contributed by atoms with Crippen LogP contribution in [-0.2, 0) is 11.3 Å². The molecule has 0 bridgehead atoms. The molecule has 1 fully saturated rings. The zero-order valence-corrected chi connectivity index (χ0v) is 10.0. The SMILES string of the molecule is Cc1nc(CN(C)C(=O)C(C)C2CC2)n[nH]1. The molecule has 5 heteroatoms. The molecule has 1 aromatic rings. The first-order chi connectivity index (χ1) is 7.58. The zero-order chi connectivity index (χ0) is 11.7. The summed E-state index contributed by atoms with van der Waals surface area (Å²) in [6.45, 7) is 4.35. The van der Waals surface area contributed by atoms with Gasteiger partial charge in [0.05, 0.1) is 6.54 Å². The third-order valence-electron chi connectivity index (χ3n) is 3.12. The van der Waals surface area contributed by atoms with Crippen LogP contribution in [0.1, 0.15) is 31.4 Å². The van der Waals surface area contributed by atoms with E-state index in [0.29, 0.717) is 18.3 Å². The van der Waals surface area contributed by atoms with Gasteiger partial charge >= 0.3 is 0 Å². The van der Waals surface area contributed by atoms with Crippen molar-refractivity contribution in [3.05, 3.63) is 11.6 Å². The van der Waals surface area contributed by atoms with E-state index >= 15 is 0 Å². The van der Waals surface area contributed by atoms with Gasteiger partial charge in [-0.05, 0) is 25.7 Å². The number of aryl methyl sites for hydroxylation is 1. The van der Waals surface area contributed by atoms with Crippen molar-refractivity contribution >= 4 is 5.91 Å². The summed E-state index contributed by atoms with van der Waals surface area (Å²) in [5.74, 6) is 2.40. The molecule has 1 atom stereocenters. The summed E-state index contributed by atoms with van der Waals surface area (Å²) in [7, 11) is 1.81. The number of H-pyrrole nitrogens is 1. The molecule has 1 unspecified atom stereocenters. The number of aromatic nitrogens is 3. The van der Waals surface area contributed by atoms with Crippen LogP contribution in [0.15, 0.2) is 0 Å². The molecule has 0 radical (unpaired) electrons. The van der Waals surface area contributed by atoms with E-state index in [1.807, 2.05) is 20.9 Å². The van der Waals surface area contributed by atoms with Gasteiger partial charge in [0.1, 0.15) is 5.82 Å². The first-order valence-electron chi connectivity index (χ1n) is 5.71. The van der Waals surface area contributed by atoms with Crippen LogP contribution >= 0.6 is 0 Å². The van der Waals surface area contributed by atoms with Crippen LogP contribution in [0.5, 0.6) is 0 Å². The Morgan fingerprint density at radius 2 is 2.31 bits per heavy atom. The Balaban J connectivity index is 1.91. The average molecular weight is 222 g/mol. The first kappa shape index (κ1) is 11.1. The maximum Gasteiger partial charge on any atom is 0.225 e. The number of carbonyl (C=O) groups excluding carboxylic acids is 1. The molecule has 1 aliphatic rings. The highest BCUT2D eigenvalue weighted by atomic mass is 16.2. The Morgan fingerprint density at radius 3 is 2.81 bits per heavy atom. The fourth-order valence-corrected chi connectivity index (χ4v) is 1.90. The fourth-order valence-electron chi connectivity index (χ4n) is 1.90. The summed E-state index contributed by atoms with van der Waals surface area (Å²) in [6, 6.07) is 0. The second-order valence-corrected chi connectivity index (χ2v) is 4.66. The number of nitrogens with one attached hydrogen (secondary N) is 1. The number of amides is 1. The van der Waals surface area contributed by atoms with Gasteiger partial charge < -0.3 is 4.90 Å². The van der Waals surface area contributed by atoms with Crippen molar-refractivity contribution in [1.29, 1.82) is 0 Å². The van der Waals surface area contributed by atoms with Crippen molar-refractivity contribution in [2.24, 2.45) is 11.8 Å². The zero-order valence-electron chi connectivity index (χ0n) is 10.0. The summed E-state index contributed by atoms with van der Waals surface area (Å²) in [5, 5.41) is 6.81. The molecule has 1 saturated carbocycles. The highest BCUT2D eigenvalue weighted by Crippen LogP contribution is 2.37. The molecule has 16 heavy (non-hydrogen) atoms. The summed E-state index contributed by atoms with van der Waals surface area (Å²) in [6.07, 6.45) is 2.39. The van der Waals surface area contributed by atoms with E-state index in [1.165, 1.54) is 12.8 Å². The molecule has 0 aliphatic heterocycles. The summed E-state index contributed by atoms with van der Waals surface area (Å²) < 4.78 is 0. The van der Waals surface area contributed by atoms with E-state index in [1.54, 1.807) is 4.90 Å². The minimum absolute atomic E-state index is 0.144. The van der Waals surface area contributed by atoms with E-state index in [9.17, 15) is 4.79 Å². The fraction of sp³-hybridized carbons (Fsp3) is 0.727. The Kier molecular flexibility index (Phi) is 2.94. The van der Waals surface area contributed by atoms with E-state index in [4.69, 9.17) is 0 Å². The molecular formula is C11H18N4O. The molecule has 1 heterocycles. The lowest BCUT2D eigenvalue weighted by Gasteiger charge is -2.19. The van der Waals surface area contributed by atoms with Gasteiger partial charge in [0.2, 0.25) is 5.91 Å². The maximum atomic E-state index is 12.0. The van der Waals surface area contributed by atoms with Crippen molar-refractivity contribution in [2.45, 2.75) is 33.2 Å². The van der Waals surface area contributed by atoms with Gasteiger partial charge in [-0.15, -0.1) is 0 Å². The van der Waals surface area contributed by atoms with Crippen LogP contribution in [0.3, 0.4) is 0 Å². The highest BCUT2D eigenvalue weighted by Gasteiger charge is 2.34. The number of rotatable bonds is 4. The van der Waals surface area contributed by atoms with Crippen molar-refractivity contribution in [1.82, 2.24) is 20.1 Å². The Hall–Kier alpha value is -1.39. The molecule has 0 spiro atoms. The third kappa shape index (κ3) is 2.40. The summed E-state index contributed by atoms with van der Waals surface area (Å²) >= 11 is 0. The molecule has 1 amide bonds. The third-order valence-corrected chi connectivity index (χ3v) is 3.12. The number of nitrogens with zero attached hydrogens (tertiary/aromatic N) is 3. The van der Waals surface area contributed by atoms with Crippen LogP contribution < -0.4 is 0 Å². The molecule has 5 nitrogen and oxygen atoms in total. The molecule has 1 aliphatic carbocycles. The van der Waals surface area contributed by atoms with Crippen molar-refractivity contribution in [2.75, 3.05) is 7.05 Å². The monoisotopic (exact) mass is 222 g/mol. The van der Waals surface area contributed by atoms with Crippen LogP contribution in [0.25, 0.3) is 0 Å². The van der Waals surface area contributed by atoms with Gasteiger partial charge in [-0.2, -0.15) is 5.10 Å². The number of hydrogen-bond donors (Lipinski definition) is 1. The van der Waals surface area contributed by atoms with Crippen LogP contribution in [0.4, 0.5) is 0 Å².